The van der Waals surface area contributed by atoms with Crippen LogP contribution >= 0.6 is 0 Å². The summed E-state index contributed by atoms with van der Waals surface area (Å²) in [5.41, 5.74) is 1.50. The fourth-order valence-corrected chi connectivity index (χ4v) is 2.56. The lowest BCUT2D eigenvalue weighted by molar-refractivity contribution is -0.562. The number of carbonyl (C=O) groups is 1. The summed E-state index contributed by atoms with van der Waals surface area (Å²) in [5, 5.41) is 0. The summed E-state index contributed by atoms with van der Waals surface area (Å²) in [4.78, 5) is 11.8. The van der Waals surface area contributed by atoms with Crippen LogP contribution in [0.15, 0.2) is 42.5 Å². The van der Waals surface area contributed by atoms with Gasteiger partial charge >= 0.3 is 6.76 Å². The third-order valence-electron chi connectivity index (χ3n) is 3.51. The number of aryl methyl sites for hydroxylation is 1. The summed E-state index contributed by atoms with van der Waals surface area (Å²) in [7, 11) is 0. The van der Waals surface area contributed by atoms with Crippen LogP contribution in [0.25, 0.3) is 11.3 Å². The second-order valence-corrected chi connectivity index (χ2v) is 4.80. The molecule has 3 rings (SSSR count). The largest absolute Gasteiger partial charge is 0.699 e. The van der Waals surface area contributed by atoms with Crippen molar-refractivity contribution in [3.8, 4) is 17.0 Å². The molecule has 0 amide bonds. The van der Waals surface area contributed by atoms with E-state index in [2.05, 4.69) is 0 Å². The van der Waals surface area contributed by atoms with Gasteiger partial charge in [-0.2, -0.15) is 0 Å². The van der Waals surface area contributed by atoms with Gasteiger partial charge in [0.05, 0.1) is 11.3 Å². The first kappa shape index (κ1) is 11.9. The number of aromatic nitrogens is 1. The third kappa shape index (κ3) is 1.58. The maximum atomic E-state index is 15.1. The first-order chi connectivity index (χ1) is 9.04. The zero-order chi connectivity index (χ0) is 13.6. The van der Waals surface area contributed by atoms with Gasteiger partial charge in [-0.25, -0.2) is 0 Å². The van der Waals surface area contributed by atoms with Crippen LogP contribution in [0, 0.1) is 6.92 Å². The Bertz CT molecular complexity index is 689. The fourth-order valence-electron chi connectivity index (χ4n) is 2.56. The maximum absolute atomic E-state index is 15.1. The molecule has 2 aromatic rings. The Balaban J connectivity index is 2.38. The van der Waals surface area contributed by atoms with Crippen LogP contribution in [0.5, 0.6) is 5.75 Å². The van der Waals surface area contributed by atoms with E-state index in [1.165, 1.54) is 11.4 Å². The van der Waals surface area contributed by atoms with E-state index >= 15 is 4.32 Å². The first-order valence-corrected chi connectivity index (χ1v) is 6.18. The van der Waals surface area contributed by atoms with Crippen molar-refractivity contribution in [2.24, 2.45) is 0 Å². The number of hydrogen-bond acceptors (Lipinski definition) is 2. The number of fused-ring (bicyclic) bond motifs is 3. The van der Waals surface area contributed by atoms with Crippen molar-refractivity contribution < 1.29 is 18.2 Å². The van der Waals surface area contributed by atoms with Gasteiger partial charge in [0.1, 0.15) is 11.4 Å². The molecule has 1 aliphatic rings. The molecule has 0 spiro atoms. The van der Waals surface area contributed by atoms with Crippen molar-refractivity contribution in [1.82, 2.24) is 0 Å². The Morgan fingerprint density at radius 1 is 1.21 bits per heavy atom. The Morgan fingerprint density at radius 3 is 2.68 bits per heavy atom. The molecule has 0 fully saturated rings. The number of halogens is 1. The molecule has 5 heteroatoms. The molecule has 0 radical (unpaired) electrons. The molecule has 0 bridgehead atoms. The molecule has 0 saturated heterocycles. The van der Waals surface area contributed by atoms with E-state index in [9.17, 15) is 4.79 Å². The Kier molecular flexibility index (Phi) is 2.45. The highest BCUT2D eigenvalue weighted by molar-refractivity contribution is 6.90. The van der Waals surface area contributed by atoms with Gasteiger partial charge < -0.3 is 18.2 Å². The van der Waals surface area contributed by atoms with Crippen molar-refractivity contribution in [3.63, 3.8) is 0 Å². The van der Waals surface area contributed by atoms with E-state index in [0.717, 1.165) is 5.56 Å². The van der Waals surface area contributed by atoms with E-state index in [4.69, 9.17) is 4.65 Å². The average Bonchev–Trinajstić information content (AvgIpc) is 2.38. The van der Waals surface area contributed by atoms with E-state index < -0.39 is 12.4 Å². The van der Waals surface area contributed by atoms with Crippen molar-refractivity contribution >= 4 is 12.4 Å². The standard InChI is InChI=1S/C14H13BFNO2/c1-10-6-5-8-13-12-7-3-4-9-14(12)19-15(16,11(2)18)17(10)13/h3-9H,1-2H3. The molecule has 1 aromatic heterocycles. The highest BCUT2D eigenvalue weighted by Crippen LogP contribution is 2.34. The number of carbonyl (C=O) groups excluding carboxylic acids is 1. The molecular weight excluding hydrogens is 244 g/mol. The monoisotopic (exact) mass is 257 g/mol. The van der Waals surface area contributed by atoms with E-state index in [1.807, 2.05) is 18.2 Å². The summed E-state index contributed by atoms with van der Waals surface area (Å²) in [5.74, 6) is 0.408. The van der Waals surface area contributed by atoms with Gasteiger partial charge in [-0.1, -0.05) is 12.1 Å². The topological polar surface area (TPSA) is 30.2 Å². The molecule has 0 N–H and O–H groups in total. The summed E-state index contributed by atoms with van der Waals surface area (Å²) in [6.07, 6.45) is 0. The summed E-state index contributed by atoms with van der Waals surface area (Å²) >= 11 is 0. The van der Waals surface area contributed by atoms with Crippen LogP contribution < -0.4 is 9.13 Å². The van der Waals surface area contributed by atoms with Gasteiger partial charge in [0.25, 0.3) is 0 Å². The highest BCUT2D eigenvalue weighted by Gasteiger charge is 2.53. The predicted octanol–water partition coefficient (Wildman–Crippen LogP) is 2.23. The number of rotatable bonds is 1. The van der Waals surface area contributed by atoms with Crippen LogP contribution in [0.3, 0.4) is 0 Å². The van der Waals surface area contributed by atoms with Crippen molar-refractivity contribution in [3.05, 3.63) is 48.2 Å². The molecule has 2 heterocycles. The summed E-state index contributed by atoms with van der Waals surface area (Å²) in [6, 6.07) is 12.6. The second kappa shape index (κ2) is 3.92. The van der Waals surface area contributed by atoms with Crippen molar-refractivity contribution in [2.45, 2.75) is 13.8 Å². The van der Waals surface area contributed by atoms with Gasteiger partial charge in [-0.3, -0.25) is 0 Å². The minimum absolute atomic E-state index is 0.408. The first-order valence-electron chi connectivity index (χ1n) is 6.18. The summed E-state index contributed by atoms with van der Waals surface area (Å²) in [6.45, 7) is -0.248. The molecule has 1 atom stereocenters. The van der Waals surface area contributed by atoms with Crippen LogP contribution in [-0.4, -0.2) is 12.4 Å². The molecular formula is C14H13BFNO2. The number of para-hydroxylation sites is 1. The molecule has 1 unspecified atom stereocenters. The van der Waals surface area contributed by atoms with Gasteiger partial charge in [0, 0.05) is 19.1 Å². The molecule has 0 aliphatic carbocycles. The zero-order valence-corrected chi connectivity index (χ0v) is 10.8. The predicted molar refractivity (Wildman–Crippen MR) is 70.4 cm³/mol. The van der Waals surface area contributed by atoms with Crippen molar-refractivity contribution in [1.29, 1.82) is 0 Å². The van der Waals surface area contributed by atoms with Gasteiger partial charge in [-0.05, 0) is 25.1 Å². The minimum atomic E-state index is -3.23. The van der Waals surface area contributed by atoms with Crippen LogP contribution in [-0.2, 0) is 4.79 Å². The number of hydrogen-bond donors (Lipinski definition) is 0. The van der Waals surface area contributed by atoms with Crippen molar-refractivity contribution in [2.75, 3.05) is 0 Å². The average molecular weight is 257 g/mol. The Labute approximate surface area is 110 Å². The van der Waals surface area contributed by atoms with Crippen LogP contribution in [0.2, 0.25) is 0 Å². The smallest absolute Gasteiger partial charge is 0.624 e. The quantitative estimate of drug-likeness (QED) is 0.733. The minimum Gasteiger partial charge on any atom is -0.624 e. The fraction of sp³-hybridized carbons (Fsp3) is 0.143. The van der Waals surface area contributed by atoms with Gasteiger partial charge in [0.15, 0.2) is 5.69 Å². The summed E-state index contributed by atoms with van der Waals surface area (Å²) < 4.78 is 21.8. The maximum Gasteiger partial charge on any atom is 0.699 e. The normalized spacial score (nSPS) is 20.2. The molecule has 19 heavy (non-hydrogen) atoms. The van der Waals surface area contributed by atoms with Gasteiger partial charge in [-0.15, -0.1) is 0 Å². The van der Waals surface area contributed by atoms with E-state index in [-0.39, 0.29) is 0 Å². The van der Waals surface area contributed by atoms with Gasteiger partial charge in [0.2, 0.25) is 0 Å². The lowest BCUT2D eigenvalue weighted by Crippen LogP contribution is -2.73. The highest BCUT2D eigenvalue weighted by atomic mass is 19.1. The molecule has 1 aliphatic heterocycles. The Hall–Kier alpha value is -2.17. The van der Waals surface area contributed by atoms with E-state index in [0.29, 0.717) is 17.1 Å². The zero-order valence-electron chi connectivity index (χ0n) is 10.8. The molecule has 1 aromatic carbocycles. The lowest BCUT2D eigenvalue weighted by atomic mass is 9.67. The molecule has 0 saturated carbocycles. The third-order valence-corrected chi connectivity index (χ3v) is 3.51. The SMILES string of the molecule is CC(=O)[B-]1(F)Oc2ccccc2-c2cccc(C)[n+]21. The number of pyridine rings is 1. The van der Waals surface area contributed by atoms with Crippen LogP contribution in [0.4, 0.5) is 4.32 Å². The Morgan fingerprint density at radius 2 is 1.95 bits per heavy atom. The molecule has 96 valence electrons. The van der Waals surface area contributed by atoms with Crippen LogP contribution in [0.1, 0.15) is 12.6 Å². The second-order valence-electron chi connectivity index (χ2n) is 4.80. The number of benzene rings is 1. The lowest BCUT2D eigenvalue weighted by Gasteiger charge is -2.34. The number of nitrogens with zero attached hydrogens (tertiary/aromatic N) is 1. The van der Waals surface area contributed by atoms with E-state index in [1.54, 1.807) is 31.2 Å². The molecule has 3 nitrogen and oxygen atoms in total.